The average Bonchev–Trinajstić information content (AvgIpc) is 2.87. The molecule has 2 N–H and O–H groups in total. The van der Waals surface area contributed by atoms with E-state index in [2.05, 4.69) is 10.2 Å². The molecule has 2 rings (SSSR count). The summed E-state index contributed by atoms with van der Waals surface area (Å²) in [6.07, 6.45) is 1.71. The minimum atomic E-state index is -2.76. The van der Waals surface area contributed by atoms with Crippen molar-refractivity contribution in [3.05, 3.63) is 0 Å². The third-order valence-electron chi connectivity index (χ3n) is 3.99. The Hall–Kier alpha value is -0.710. The highest BCUT2D eigenvalue weighted by molar-refractivity contribution is 7.64. The third-order valence-corrected chi connectivity index (χ3v) is 6.10. The van der Waals surface area contributed by atoms with Gasteiger partial charge in [0.15, 0.2) is 12.1 Å². The highest BCUT2D eigenvalue weighted by Gasteiger charge is 2.67. The van der Waals surface area contributed by atoms with Gasteiger partial charge < -0.3 is 0 Å². The smallest absolute Gasteiger partial charge is 0.245 e. The molecule has 6 nitrogen and oxygen atoms in total. The molecule has 7 heteroatoms. The molecular formula is C12H22N2O4P+. The lowest BCUT2D eigenvalue weighted by Crippen LogP contribution is -2.37. The summed E-state index contributed by atoms with van der Waals surface area (Å²) in [6.45, 7) is 7.98. The van der Waals surface area contributed by atoms with Gasteiger partial charge in [-0.2, -0.15) is 0 Å². The van der Waals surface area contributed by atoms with E-state index in [1.165, 1.54) is 0 Å². The summed E-state index contributed by atoms with van der Waals surface area (Å²) in [4.78, 5) is 23.8. The predicted molar refractivity (Wildman–Crippen MR) is 71.9 cm³/mol. The second-order valence-electron chi connectivity index (χ2n) is 5.36. The van der Waals surface area contributed by atoms with Crippen molar-refractivity contribution in [3.8, 4) is 0 Å². The van der Waals surface area contributed by atoms with E-state index in [0.717, 1.165) is 12.8 Å². The van der Waals surface area contributed by atoms with Crippen molar-refractivity contribution in [3.63, 3.8) is 0 Å². The number of rotatable bonds is 4. The van der Waals surface area contributed by atoms with Crippen LogP contribution < -0.4 is 10.2 Å². The zero-order chi connectivity index (χ0) is 14.2. The first-order valence-corrected chi connectivity index (χ1v) is 8.46. The average molecular weight is 289 g/mol. The lowest BCUT2D eigenvalue weighted by Gasteiger charge is -2.13. The van der Waals surface area contributed by atoms with E-state index in [1.807, 2.05) is 27.7 Å². The Kier molecular flexibility index (Phi) is 4.14. The van der Waals surface area contributed by atoms with E-state index in [0.29, 0.717) is 0 Å². The van der Waals surface area contributed by atoms with Crippen molar-refractivity contribution < 1.29 is 18.6 Å². The van der Waals surface area contributed by atoms with Crippen molar-refractivity contribution in [2.45, 2.75) is 52.6 Å². The quantitative estimate of drug-likeness (QED) is 0.768. The van der Waals surface area contributed by atoms with E-state index in [4.69, 9.17) is 9.05 Å². The maximum Gasteiger partial charge on any atom is 0.528 e. The Bertz CT molecular complexity index is 354. The summed E-state index contributed by atoms with van der Waals surface area (Å²) in [5, 5.41) is 6.18. The van der Waals surface area contributed by atoms with Crippen LogP contribution in [0.25, 0.3) is 0 Å². The van der Waals surface area contributed by atoms with E-state index in [1.54, 1.807) is 0 Å². The van der Waals surface area contributed by atoms with Gasteiger partial charge >= 0.3 is 20.0 Å². The second kappa shape index (κ2) is 5.35. The first-order chi connectivity index (χ1) is 8.92. The Labute approximate surface area is 114 Å². The van der Waals surface area contributed by atoms with Crippen LogP contribution in [0.3, 0.4) is 0 Å². The monoisotopic (exact) mass is 289 g/mol. The van der Waals surface area contributed by atoms with Crippen molar-refractivity contribution in [2.24, 2.45) is 11.8 Å². The van der Waals surface area contributed by atoms with E-state index >= 15 is 0 Å². The van der Waals surface area contributed by atoms with Gasteiger partial charge in [0.2, 0.25) is 0 Å². The molecule has 0 aromatic heterocycles. The van der Waals surface area contributed by atoms with Crippen molar-refractivity contribution >= 4 is 20.0 Å². The summed E-state index contributed by atoms with van der Waals surface area (Å²) in [5.41, 5.74) is 0. The highest BCUT2D eigenvalue weighted by atomic mass is 31.2. The fourth-order valence-electron chi connectivity index (χ4n) is 2.19. The zero-order valence-electron chi connectivity index (χ0n) is 11.8. The number of carbonyl (C=O) groups excluding carboxylic acids is 2. The maximum absolute atomic E-state index is 11.9. The summed E-state index contributed by atoms with van der Waals surface area (Å²) >= 11 is 0. The molecule has 2 heterocycles. The van der Waals surface area contributed by atoms with Crippen LogP contribution in [0.1, 0.15) is 40.5 Å². The molecule has 0 amide bonds. The van der Waals surface area contributed by atoms with Gasteiger partial charge in [-0.05, 0) is 11.8 Å². The molecule has 0 aliphatic carbocycles. The van der Waals surface area contributed by atoms with Gasteiger partial charge in [0.05, 0.1) is 0 Å². The second-order valence-corrected chi connectivity index (χ2v) is 7.34. The van der Waals surface area contributed by atoms with Crippen LogP contribution in [0.15, 0.2) is 0 Å². The zero-order valence-corrected chi connectivity index (χ0v) is 12.7. The molecule has 2 saturated heterocycles. The predicted octanol–water partition coefficient (Wildman–Crippen LogP) is 1.79. The van der Waals surface area contributed by atoms with E-state index in [-0.39, 0.29) is 23.8 Å². The molecule has 2 aliphatic heterocycles. The van der Waals surface area contributed by atoms with Crippen molar-refractivity contribution in [2.75, 3.05) is 0 Å². The third kappa shape index (κ3) is 2.62. The molecule has 4 atom stereocenters. The molecule has 2 fully saturated rings. The van der Waals surface area contributed by atoms with Crippen molar-refractivity contribution in [1.82, 2.24) is 10.2 Å². The maximum atomic E-state index is 11.9. The SMILES string of the molecule is CCC(C)C1N[P+]2(NC(C(C)CC)C(=O)O2)OC1=O. The van der Waals surface area contributed by atoms with E-state index in [9.17, 15) is 9.59 Å². The normalized spacial score (nSPS) is 37.3. The van der Waals surface area contributed by atoms with Gasteiger partial charge in [0.1, 0.15) is 0 Å². The van der Waals surface area contributed by atoms with Crippen LogP contribution >= 0.6 is 8.02 Å². The molecule has 0 bridgehead atoms. The number of hydrogen-bond donors (Lipinski definition) is 2. The fraction of sp³-hybridized carbons (Fsp3) is 0.833. The van der Waals surface area contributed by atoms with Crippen LogP contribution in [-0.2, 0) is 18.6 Å². The summed E-state index contributed by atoms with van der Waals surface area (Å²) in [6, 6.07) is -0.788. The van der Waals surface area contributed by atoms with Gasteiger partial charge in [-0.3, -0.25) is 0 Å². The molecule has 0 aromatic carbocycles. The number of nitrogens with one attached hydrogen (secondary N) is 2. The molecule has 0 saturated carbocycles. The minimum Gasteiger partial charge on any atom is -0.245 e. The number of carbonyl (C=O) groups is 2. The van der Waals surface area contributed by atoms with Crippen LogP contribution in [-0.4, -0.2) is 24.0 Å². The van der Waals surface area contributed by atoms with Crippen LogP contribution in [0, 0.1) is 11.8 Å². The Morgan fingerprint density at radius 2 is 1.37 bits per heavy atom. The van der Waals surface area contributed by atoms with Crippen LogP contribution in [0.2, 0.25) is 0 Å². The van der Waals surface area contributed by atoms with E-state index < -0.39 is 20.1 Å². The molecule has 1 spiro atoms. The first-order valence-electron chi connectivity index (χ1n) is 6.84. The molecular weight excluding hydrogens is 267 g/mol. The number of hydrogen-bond acceptors (Lipinski definition) is 6. The lowest BCUT2D eigenvalue weighted by atomic mass is 10.0. The van der Waals surface area contributed by atoms with Gasteiger partial charge in [0.25, 0.3) is 0 Å². The minimum absolute atomic E-state index is 0.148. The van der Waals surface area contributed by atoms with Crippen LogP contribution in [0.5, 0.6) is 0 Å². The van der Waals surface area contributed by atoms with Gasteiger partial charge in [-0.25, -0.2) is 18.6 Å². The molecule has 4 unspecified atom stereocenters. The summed E-state index contributed by atoms with van der Waals surface area (Å²) < 4.78 is 10.7. The molecule has 108 valence electrons. The topological polar surface area (TPSA) is 76.7 Å². The lowest BCUT2D eigenvalue weighted by molar-refractivity contribution is -0.136. The van der Waals surface area contributed by atoms with Crippen LogP contribution in [0.4, 0.5) is 0 Å². The molecule has 0 aromatic rings. The molecule has 19 heavy (non-hydrogen) atoms. The Morgan fingerprint density at radius 1 is 1.00 bits per heavy atom. The fourth-order valence-corrected chi connectivity index (χ4v) is 4.70. The molecule has 0 radical (unpaired) electrons. The molecule has 2 aliphatic rings. The first kappa shape index (κ1) is 14.7. The summed E-state index contributed by atoms with van der Waals surface area (Å²) in [5.74, 6) is -0.356. The van der Waals surface area contributed by atoms with Crippen molar-refractivity contribution in [1.29, 1.82) is 0 Å². The summed E-state index contributed by atoms with van der Waals surface area (Å²) in [7, 11) is -2.76. The van der Waals surface area contributed by atoms with Gasteiger partial charge in [-0.1, -0.05) is 50.7 Å². The standard InChI is InChI=1S/C12H22N2O4P/c1-5-7(3)9-11(15)17-19(13-9)14-10(8(4)6-2)12(16)18-19/h7-10,13-14H,5-6H2,1-4H3/q+1. The largest absolute Gasteiger partial charge is 0.528 e. The van der Waals surface area contributed by atoms with Gasteiger partial charge in [-0.15, -0.1) is 0 Å². The Morgan fingerprint density at radius 3 is 1.68 bits per heavy atom. The highest BCUT2D eigenvalue weighted by Crippen LogP contribution is 2.62. The Balaban J connectivity index is 2.11. The van der Waals surface area contributed by atoms with Gasteiger partial charge in [0, 0.05) is 0 Å².